The summed E-state index contributed by atoms with van der Waals surface area (Å²) in [5.74, 6) is -1.67. The number of hydrogen-bond acceptors (Lipinski definition) is 5. The molecule has 1 aliphatic rings. The molecule has 0 spiro atoms. The zero-order chi connectivity index (χ0) is 16.7. The number of esters is 1. The van der Waals surface area contributed by atoms with E-state index in [9.17, 15) is 19.2 Å². The molecule has 0 unspecified atom stereocenters. The quantitative estimate of drug-likeness (QED) is 0.705. The van der Waals surface area contributed by atoms with E-state index in [-0.39, 0.29) is 11.6 Å². The monoisotopic (exact) mass is 321 g/mol. The van der Waals surface area contributed by atoms with Crippen molar-refractivity contribution in [3.05, 3.63) is 34.2 Å². The summed E-state index contributed by atoms with van der Waals surface area (Å²) in [5, 5.41) is 4.81. The van der Waals surface area contributed by atoms with E-state index in [4.69, 9.17) is 4.74 Å². The van der Waals surface area contributed by atoms with Crippen molar-refractivity contribution < 1.29 is 19.1 Å². The van der Waals surface area contributed by atoms with Crippen LogP contribution in [0.15, 0.2) is 23.1 Å². The van der Waals surface area contributed by atoms with E-state index in [1.807, 2.05) is 0 Å². The highest BCUT2D eigenvalue weighted by Gasteiger charge is 2.18. The Bertz CT molecular complexity index is 634. The van der Waals surface area contributed by atoms with Crippen molar-refractivity contribution in [3.63, 3.8) is 0 Å². The fourth-order valence-electron chi connectivity index (χ4n) is 2.42. The van der Waals surface area contributed by atoms with Gasteiger partial charge in [0, 0.05) is 12.2 Å². The minimum atomic E-state index is -0.922. The average Bonchev–Trinajstić information content (AvgIpc) is 2.54. The number of hydrogen-bond donors (Lipinski definition) is 3. The highest BCUT2D eigenvalue weighted by Crippen LogP contribution is 2.17. The zero-order valence-corrected chi connectivity index (χ0v) is 12.6. The number of ether oxygens (including phenoxy) is 1. The van der Waals surface area contributed by atoms with Crippen molar-refractivity contribution in [3.8, 4) is 0 Å². The summed E-state index contributed by atoms with van der Waals surface area (Å²) in [6.07, 6.45) is 6.44. The standard InChI is InChI=1S/C15H19N3O5/c19-12(18-15(22)17-10-5-2-1-3-6-10)9-23-14(21)11-7-4-8-16-13(11)20/h4,7-8,10H,1-3,5-6,9H2,(H,16,20)(H2,17,18,19,22). The lowest BCUT2D eigenvalue weighted by Crippen LogP contribution is -2.46. The van der Waals surface area contributed by atoms with Gasteiger partial charge in [-0.1, -0.05) is 19.3 Å². The Hall–Kier alpha value is -2.64. The van der Waals surface area contributed by atoms with Gasteiger partial charge in [-0.3, -0.25) is 14.9 Å². The first-order chi connectivity index (χ1) is 11.1. The van der Waals surface area contributed by atoms with Crippen molar-refractivity contribution in [2.24, 2.45) is 0 Å². The van der Waals surface area contributed by atoms with Crippen molar-refractivity contribution in [2.45, 2.75) is 38.1 Å². The molecule has 3 N–H and O–H groups in total. The van der Waals surface area contributed by atoms with Gasteiger partial charge in [0.25, 0.3) is 11.5 Å². The molecular formula is C15H19N3O5. The second kappa shape index (κ2) is 8.11. The molecule has 1 heterocycles. The normalized spacial score (nSPS) is 14.8. The lowest BCUT2D eigenvalue weighted by atomic mass is 9.96. The highest BCUT2D eigenvalue weighted by atomic mass is 16.5. The summed E-state index contributed by atoms with van der Waals surface area (Å²) >= 11 is 0. The van der Waals surface area contributed by atoms with Gasteiger partial charge in [-0.2, -0.15) is 0 Å². The molecule has 0 aromatic carbocycles. The van der Waals surface area contributed by atoms with Crippen LogP contribution in [0.1, 0.15) is 42.5 Å². The van der Waals surface area contributed by atoms with Crippen LogP contribution in [0.3, 0.4) is 0 Å². The number of carbonyl (C=O) groups is 3. The summed E-state index contributed by atoms with van der Waals surface area (Å²) in [7, 11) is 0. The molecule has 0 radical (unpaired) electrons. The molecule has 1 fully saturated rings. The number of carbonyl (C=O) groups excluding carboxylic acids is 3. The van der Waals surface area contributed by atoms with Gasteiger partial charge in [0.2, 0.25) is 0 Å². The number of H-pyrrole nitrogens is 1. The van der Waals surface area contributed by atoms with Gasteiger partial charge in [0.1, 0.15) is 5.56 Å². The molecule has 1 aromatic heterocycles. The highest BCUT2D eigenvalue weighted by molar-refractivity contribution is 5.97. The number of urea groups is 1. The van der Waals surface area contributed by atoms with Gasteiger partial charge < -0.3 is 15.0 Å². The molecule has 0 saturated heterocycles. The van der Waals surface area contributed by atoms with Crippen LogP contribution in [0.2, 0.25) is 0 Å². The van der Waals surface area contributed by atoms with Gasteiger partial charge >= 0.3 is 12.0 Å². The van der Waals surface area contributed by atoms with E-state index in [0.717, 1.165) is 32.1 Å². The first-order valence-electron chi connectivity index (χ1n) is 7.51. The second-order valence-electron chi connectivity index (χ2n) is 5.35. The van der Waals surface area contributed by atoms with Crippen molar-refractivity contribution >= 4 is 17.9 Å². The largest absolute Gasteiger partial charge is 0.452 e. The fraction of sp³-hybridized carbons (Fsp3) is 0.467. The van der Waals surface area contributed by atoms with Crippen LogP contribution >= 0.6 is 0 Å². The van der Waals surface area contributed by atoms with Crippen LogP contribution < -0.4 is 16.2 Å². The van der Waals surface area contributed by atoms with Gasteiger partial charge in [-0.15, -0.1) is 0 Å². The van der Waals surface area contributed by atoms with Crippen LogP contribution in [-0.4, -0.2) is 35.5 Å². The molecule has 0 aliphatic heterocycles. The molecule has 0 bridgehead atoms. The Morgan fingerprint density at radius 1 is 1.22 bits per heavy atom. The Kier molecular flexibility index (Phi) is 5.90. The maximum atomic E-state index is 11.7. The number of aromatic nitrogens is 1. The summed E-state index contributed by atoms with van der Waals surface area (Å²) in [6, 6.07) is 2.22. The number of rotatable bonds is 4. The first-order valence-corrected chi connectivity index (χ1v) is 7.51. The summed E-state index contributed by atoms with van der Waals surface area (Å²) in [4.78, 5) is 48.6. The first kappa shape index (κ1) is 16.7. The molecule has 0 atom stereocenters. The van der Waals surface area contributed by atoms with E-state index < -0.39 is 30.1 Å². The minimum Gasteiger partial charge on any atom is -0.452 e. The van der Waals surface area contributed by atoms with Crippen LogP contribution in [0.4, 0.5) is 4.79 Å². The second-order valence-corrected chi connectivity index (χ2v) is 5.35. The molecule has 8 nitrogen and oxygen atoms in total. The number of amides is 3. The van der Waals surface area contributed by atoms with Gasteiger partial charge in [0.15, 0.2) is 6.61 Å². The lowest BCUT2D eigenvalue weighted by Gasteiger charge is -2.22. The smallest absolute Gasteiger partial charge is 0.344 e. The predicted molar refractivity (Wildman–Crippen MR) is 80.9 cm³/mol. The molecule has 1 saturated carbocycles. The molecular weight excluding hydrogens is 302 g/mol. The van der Waals surface area contributed by atoms with E-state index in [1.165, 1.54) is 18.3 Å². The lowest BCUT2D eigenvalue weighted by molar-refractivity contribution is -0.123. The van der Waals surface area contributed by atoms with E-state index in [1.54, 1.807) is 0 Å². The third-order valence-corrected chi connectivity index (χ3v) is 3.57. The molecule has 23 heavy (non-hydrogen) atoms. The van der Waals surface area contributed by atoms with E-state index >= 15 is 0 Å². The molecule has 1 aromatic rings. The van der Waals surface area contributed by atoms with Crippen molar-refractivity contribution in [2.75, 3.05) is 6.61 Å². The molecule has 1 aliphatic carbocycles. The number of aromatic amines is 1. The van der Waals surface area contributed by atoms with Crippen molar-refractivity contribution in [1.82, 2.24) is 15.6 Å². The Balaban J connectivity index is 1.74. The number of imide groups is 1. The van der Waals surface area contributed by atoms with E-state index in [0.29, 0.717) is 0 Å². The average molecular weight is 321 g/mol. The Labute approximate surface area is 132 Å². The number of nitrogens with one attached hydrogen (secondary N) is 3. The molecule has 124 valence electrons. The summed E-state index contributed by atoms with van der Waals surface area (Å²) in [6.45, 7) is -0.634. The molecule has 3 amide bonds. The SMILES string of the molecule is O=C(COC(=O)c1ccc[nH]c1=O)NC(=O)NC1CCCCC1. The molecule has 2 rings (SSSR count). The van der Waals surface area contributed by atoms with Crippen LogP contribution in [0.5, 0.6) is 0 Å². The van der Waals surface area contributed by atoms with Crippen molar-refractivity contribution in [1.29, 1.82) is 0 Å². The van der Waals surface area contributed by atoms with Gasteiger partial charge in [-0.25, -0.2) is 9.59 Å². The summed E-state index contributed by atoms with van der Waals surface area (Å²) < 4.78 is 4.71. The third-order valence-electron chi connectivity index (χ3n) is 3.57. The fourth-order valence-corrected chi connectivity index (χ4v) is 2.42. The summed E-state index contributed by atoms with van der Waals surface area (Å²) in [5.41, 5.74) is -0.806. The third kappa shape index (κ3) is 5.24. The maximum absolute atomic E-state index is 11.7. The number of pyridine rings is 1. The van der Waals surface area contributed by atoms with Crippen LogP contribution in [0, 0.1) is 0 Å². The van der Waals surface area contributed by atoms with Gasteiger partial charge in [0.05, 0.1) is 0 Å². The van der Waals surface area contributed by atoms with Gasteiger partial charge in [-0.05, 0) is 25.0 Å². The van der Waals surface area contributed by atoms with E-state index in [2.05, 4.69) is 15.6 Å². The maximum Gasteiger partial charge on any atom is 0.344 e. The predicted octanol–water partition coefficient (Wildman–Crippen LogP) is 0.690. The van der Waals surface area contributed by atoms with Crippen LogP contribution in [-0.2, 0) is 9.53 Å². The van der Waals surface area contributed by atoms with Crippen LogP contribution in [0.25, 0.3) is 0 Å². The minimum absolute atomic E-state index is 0.0713. The topological polar surface area (TPSA) is 117 Å². The molecule has 8 heteroatoms. The zero-order valence-electron chi connectivity index (χ0n) is 12.6. The Morgan fingerprint density at radius 3 is 2.65 bits per heavy atom. The Morgan fingerprint density at radius 2 is 1.96 bits per heavy atom.